The molecule has 8 heteroatoms. The number of fused-ring (bicyclic) bond motifs is 1. The Morgan fingerprint density at radius 3 is 2.46 bits per heavy atom. The molecule has 1 aliphatic heterocycles. The molecule has 2 unspecified atom stereocenters. The van der Waals surface area contributed by atoms with E-state index in [1.165, 1.54) is 12.1 Å². The third-order valence-corrected chi connectivity index (χ3v) is 4.63. The first-order valence-corrected chi connectivity index (χ1v) is 9.05. The maximum Gasteiger partial charge on any atom is 0.416 e. The van der Waals surface area contributed by atoms with Gasteiger partial charge in [-0.05, 0) is 55.7 Å². The standard InChI is InChI=1S/C18H18F3NO3S/c1-17(2)10-15(11-3-5-12(6-4-11)18(19,20)21)14-8-7-13(22-26(23)24)9-16(14)25-17/h3-6,8-10,13,22H,7H2,1-2H3,(H,23,24). The molecule has 140 valence electrons. The first-order chi connectivity index (χ1) is 12.0. The lowest BCUT2D eigenvalue weighted by molar-refractivity contribution is -0.137. The molecular weight excluding hydrogens is 367 g/mol. The minimum Gasteiger partial charge on any atom is -0.483 e. The van der Waals surface area contributed by atoms with Gasteiger partial charge in [0.1, 0.15) is 11.4 Å². The predicted molar refractivity (Wildman–Crippen MR) is 93.1 cm³/mol. The van der Waals surface area contributed by atoms with Gasteiger partial charge in [0.25, 0.3) is 0 Å². The van der Waals surface area contributed by atoms with E-state index in [9.17, 15) is 17.4 Å². The average Bonchev–Trinajstić information content (AvgIpc) is 2.51. The van der Waals surface area contributed by atoms with E-state index in [1.54, 1.807) is 6.08 Å². The molecule has 1 aromatic rings. The van der Waals surface area contributed by atoms with Gasteiger partial charge in [-0.25, -0.2) is 8.93 Å². The number of nitrogens with one attached hydrogen (secondary N) is 1. The summed E-state index contributed by atoms with van der Waals surface area (Å²) in [5, 5.41) is 0. The Bertz CT molecular complexity index is 823. The van der Waals surface area contributed by atoms with Crippen molar-refractivity contribution in [2.75, 3.05) is 0 Å². The molecule has 0 spiro atoms. The van der Waals surface area contributed by atoms with Gasteiger partial charge in [-0.2, -0.15) is 13.2 Å². The van der Waals surface area contributed by atoms with E-state index in [4.69, 9.17) is 9.29 Å². The Balaban J connectivity index is 1.97. The van der Waals surface area contributed by atoms with Crippen molar-refractivity contribution >= 4 is 16.8 Å². The van der Waals surface area contributed by atoms with E-state index in [0.717, 1.165) is 23.3 Å². The van der Waals surface area contributed by atoms with Crippen molar-refractivity contribution in [3.63, 3.8) is 0 Å². The van der Waals surface area contributed by atoms with Crippen LogP contribution in [0.15, 0.2) is 53.8 Å². The van der Waals surface area contributed by atoms with Crippen LogP contribution in [0.4, 0.5) is 13.2 Å². The van der Waals surface area contributed by atoms with Crippen LogP contribution in [0.1, 0.15) is 31.4 Å². The Labute approximate surface area is 151 Å². The smallest absolute Gasteiger partial charge is 0.416 e. The molecule has 1 aromatic carbocycles. The minimum absolute atomic E-state index is 0.359. The zero-order chi connectivity index (χ0) is 19.1. The lowest BCUT2D eigenvalue weighted by atomic mass is 9.85. The van der Waals surface area contributed by atoms with Crippen LogP contribution in [0.25, 0.3) is 5.57 Å². The molecule has 2 aliphatic rings. The van der Waals surface area contributed by atoms with Crippen LogP contribution >= 0.6 is 0 Å². The van der Waals surface area contributed by atoms with Crippen molar-refractivity contribution in [3.05, 3.63) is 65.0 Å². The molecule has 2 N–H and O–H groups in total. The molecule has 0 bridgehead atoms. The molecule has 0 aromatic heterocycles. The molecule has 1 heterocycles. The highest BCUT2D eigenvalue weighted by atomic mass is 32.2. The van der Waals surface area contributed by atoms with Crippen molar-refractivity contribution in [2.24, 2.45) is 0 Å². The van der Waals surface area contributed by atoms with E-state index in [-0.39, 0.29) is 6.04 Å². The number of rotatable bonds is 3. The molecular formula is C18H18F3NO3S. The molecule has 0 amide bonds. The highest BCUT2D eigenvalue weighted by molar-refractivity contribution is 7.77. The van der Waals surface area contributed by atoms with Gasteiger partial charge in [-0.3, -0.25) is 4.55 Å². The second-order valence-electron chi connectivity index (χ2n) is 6.70. The summed E-state index contributed by atoms with van der Waals surface area (Å²) >= 11 is -2.15. The number of allylic oxidation sites excluding steroid dienone is 1. The summed E-state index contributed by atoms with van der Waals surface area (Å²) in [5.41, 5.74) is 0.845. The molecule has 1 aliphatic carbocycles. The van der Waals surface area contributed by atoms with Crippen LogP contribution in [0.5, 0.6) is 0 Å². The fourth-order valence-corrected chi connectivity index (χ4v) is 3.47. The third kappa shape index (κ3) is 4.08. The summed E-state index contributed by atoms with van der Waals surface area (Å²) in [6.07, 6.45) is 1.54. The second-order valence-corrected chi connectivity index (χ2v) is 7.43. The van der Waals surface area contributed by atoms with Crippen molar-refractivity contribution in [1.29, 1.82) is 0 Å². The van der Waals surface area contributed by atoms with E-state index in [2.05, 4.69) is 4.72 Å². The van der Waals surface area contributed by atoms with Gasteiger partial charge in [-0.1, -0.05) is 18.2 Å². The van der Waals surface area contributed by atoms with E-state index >= 15 is 0 Å². The monoisotopic (exact) mass is 385 g/mol. The number of hydrogen-bond acceptors (Lipinski definition) is 2. The molecule has 0 fully saturated rings. The summed E-state index contributed by atoms with van der Waals surface area (Å²) in [6.45, 7) is 3.69. The van der Waals surface area contributed by atoms with Gasteiger partial charge in [0.05, 0.1) is 5.56 Å². The molecule has 0 saturated heterocycles. The Morgan fingerprint density at radius 2 is 1.88 bits per heavy atom. The first kappa shape index (κ1) is 18.9. The number of halogens is 3. The molecule has 4 nitrogen and oxygen atoms in total. The average molecular weight is 385 g/mol. The number of alkyl halides is 3. The van der Waals surface area contributed by atoms with Crippen molar-refractivity contribution in [2.45, 2.75) is 38.1 Å². The number of ether oxygens (including phenoxy) is 1. The number of benzene rings is 1. The van der Waals surface area contributed by atoms with Crippen molar-refractivity contribution in [3.8, 4) is 0 Å². The minimum atomic E-state index is -4.38. The SMILES string of the molecule is CC1(C)C=C(c2ccc(C(F)(F)F)cc2)C2=CCC(NS(=O)O)C=C2O1. The van der Waals surface area contributed by atoms with Crippen LogP contribution in [0.3, 0.4) is 0 Å². The summed E-state index contributed by atoms with van der Waals surface area (Å²) in [4.78, 5) is 0. The van der Waals surface area contributed by atoms with Crippen molar-refractivity contribution < 1.29 is 26.7 Å². The maximum absolute atomic E-state index is 12.8. The predicted octanol–water partition coefficient (Wildman–Crippen LogP) is 4.21. The largest absolute Gasteiger partial charge is 0.483 e. The van der Waals surface area contributed by atoms with Crippen LogP contribution in [0, 0.1) is 0 Å². The molecule has 2 atom stereocenters. The van der Waals surface area contributed by atoms with E-state index < -0.39 is 28.6 Å². The maximum atomic E-state index is 12.8. The van der Waals surface area contributed by atoms with E-state index in [1.807, 2.05) is 26.0 Å². The van der Waals surface area contributed by atoms with E-state index in [0.29, 0.717) is 17.7 Å². The van der Waals surface area contributed by atoms with Gasteiger partial charge in [0.15, 0.2) is 0 Å². The Kier molecular flexibility index (Phi) is 4.85. The fraction of sp³-hybridized carbons (Fsp3) is 0.333. The fourth-order valence-electron chi connectivity index (χ4n) is 3.05. The quantitative estimate of drug-likeness (QED) is 0.767. The van der Waals surface area contributed by atoms with Crippen LogP contribution in [-0.2, 0) is 22.2 Å². The summed E-state index contributed by atoms with van der Waals surface area (Å²) in [6, 6.07) is 4.65. The Hall–Kier alpha value is -1.90. The van der Waals surface area contributed by atoms with Gasteiger partial charge < -0.3 is 4.74 Å². The number of hydrogen-bond donors (Lipinski definition) is 2. The zero-order valence-electron chi connectivity index (χ0n) is 14.1. The van der Waals surface area contributed by atoms with Gasteiger partial charge in [-0.15, -0.1) is 0 Å². The Morgan fingerprint density at radius 1 is 1.23 bits per heavy atom. The van der Waals surface area contributed by atoms with Crippen LogP contribution < -0.4 is 4.72 Å². The highest BCUT2D eigenvalue weighted by Crippen LogP contribution is 2.41. The molecule has 3 rings (SSSR count). The summed E-state index contributed by atoms with van der Waals surface area (Å²) < 4.78 is 66.8. The summed E-state index contributed by atoms with van der Waals surface area (Å²) in [5.74, 6) is 0.543. The molecule has 0 radical (unpaired) electrons. The van der Waals surface area contributed by atoms with Gasteiger partial charge >= 0.3 is 6.18 Å². The summed E-state index contributed by atoms with van der Waals surface area (Å²) in [7, 11) is 0. The van der Waals surface area contributed by atoms with Crippen LogP contribution in [-0.4, -0.2) is 20.4 Å². The van der Waals surface area contributed by atoms with Crippen LogP contribution in [0.2, 0.25) is 0 Å². The first-order valence-electron chi connectivity index (χ1n) is 7.94. The normalized spacial score (nSPS) is 23.2. The highest BCUT2D eigenvalue weighted by Gasteiger charge is 2.33. The topological polar surface area (TPSA) is 58.6 Å². The zero-order valence-corrected chi connectivity index (χ0v) is 14.9. The molecule has 0 saturated carbocycles. The second kappa shape index (κ2) is 6.68. The van der Waals surface area contributed by atoms with Gasteiger partial charge in [0.2, 0.25) is 11.3 Å². The third-order valence-electron chi connectivity index (χ3n) is 4.12. The lowest BCUT2D eigenvalue weighted by Crippen LogP contribution is -2.33. The molecule has 26 heavy (non-hydrogen) atoms. The van der Waals surface area contributed by atoms with Crippen molar-refractivity contribution in [1.82, 2.24) is 4.72 Å². The lowest BCUT2D eigenvalue weighted by Gasteiger charge is -2.35. The van der Waals surface area contributed by atoms with Gasteiger partial charge in [0, 0.05) is 11.6 Å².